The monoisotopic (exact) mass is 539 g/mol. The summed E-state index contributed by atoms with van der Waals surface area (Å²) in [6.45, 7) is 2.28. The number of ether oxygens (including phenoxy) is 2. The molecule has 2 fully saturated rings. The maximum Gasteiger partial charge on any atom is 0.258 e. The first-order valence-corrected chi connectivity index (χ1v) is 14.5. The van der Waals surface area contributed by atoms with E-state index in [1.165, 1.54) is 0 Å². The minimum atomic E-state index is -0.648. The Labute approximate surface area is 236 Å². The fourth-order valence-corrected chi connectivity index (χ4v) is 5.90. The number of hydrogen-bond donors (Lipinski definition) is 2. The molecule has 6 rings (SSSR count). The molecule has 1 saturated carbocycles. The summed E-state index contributed by atoms with van der Waals surface area (Å²) in [5.41, 5.74) is 4.34. The smallest absolute Gasteiger partial charge is 0.258 e. The molecule has 0 radical (unpaired) electrons. The molecular formula is C33H39N4O3+. The van der Waals surface area contributed by atoms with E-state index in [-0.39, 0.29) is 18.1 Å². The zero-order chi connectivity index (χ0) is 27.5. The number of amides is 1. The van der Waals surface area contributed by atoms with Crippen molar-refractivity contribution in [3.05, 3.63) is 78.4 Å². The van der Waals surface area contributed by atoms with Crippen molar-refractivity contribution in [2.75, 3.05) is 32.5 Å². The topological polar surface area (TPSA) is 76.2 Å². The molecule has 1 amide bonds. The summed E-state index contributed by atoms with van der Waals surface area (Å²) < 4.78 is 13.7. The van der Waals surface area contributed by atoms with Gasteiger partial charge in [-0.1, -0.05) is 43.2 Å². The van der Waals surface area contributed by atoms with Gasteiger partial charge in [0, 0.05) is 29.5 Å². The Morgan fingerprint density at radius 2 is 1.65 bits per heavy atom. The average molecular weight is 540 g/mol. The predicted molar refractivity (Wildman–Crippen MR) is 158 cm³/mol. The summed E-state index contributed by atoms with van der Waals surface area (Å²) in [6, 6.07) is 23.8. The number of nitrogens with one attached hydrogen (secondary N) is 2. The second kappa shape index (κ2) is 11.4. The van der Waals surface area contributed by atoms with Crippen molar-refractivity contribution >= 4 is 22.5 Å². The minimum Gasteiger partial charge on any atom is -0.490 e. The molecule has 40 heavy (non-hydrogen) atoms. The molecule has 1 aromatic heterocycles. The molecule has 3 aromatic carbocycles. The first-order valence-electron chi connectivity index (χ1n) is 14.5. The van der Waals surface area contributed by atoms with E-state index < -0.39 is 6.10 Å². The number of H-pyrrole nitrogens is 1. The molecule has 1 aliphatic heterocycles. The van der Waals surface area contributed by atoms with E-state index in [1.807, 2.05) is 60.7 Å². The van der Waals surface area contributed by atoms with Crippen LogP contribution in [0.1, 0.15) is 50.2 Å². The standard InChI is InChI=1S/C33H38N4O3/c1-37(2)20-18-28(19-21-37)39-27-15-12-23(13-16-27)31-29-22-25(14-17-30(29)35-36-31)34-33(38)32(24-8-4-3-5-9-24)40-26-10-6-7-11-26/h3-5,8-9,12-17,22,26,28,32H,6-7,10-11,18-21H2,1-2H3,(H-,34,35,36,38)/p+1. The number of benzene rings is 3. The van der Waals surface area contributed by atoms with Crippen molar-refractivity contribution in [1.29, 1.82) is 0 Å². The van der Waals surface area contributed by atoms with Crippen molar-refractivity contribution in [3.63, 3.8) is 0 Å². The van der Waals surface area contributed by atoms with Crippen molar-refractivity contribution < 1.29 is 18.8 Å². The predicted octanol–water partition coefficient (Wildman–Crippen LogP) is 6.49. The van der Waals surface area contributed by atoms with Gasteiger partial charge >= 0.3 is 0 Å². The van der Waals surface area contributed by atoms with Gasteiger partial charge in [-0.3, -0.25) is 9.89 Å². The number of carbonyl (C=O) groups excluding carboxylic acids is 1. The van der Waals surface area contributed by atoms with Gasteiger partial charge in [0.25, 0.3) is 5.91 Å². The Bertz CT molecular complexity index is 1430. The van der Waals surface area contributed by atoms with Crippen LogP contribution in [0.4, 0.5) is 5.69 Å². The lowest BCUT2D eigenvalue weighted by atomic mass is 10.1. The molecule has 2 heterocycles. The van der Waals surface area contributed by atoms with E-state index in [0.29, 0.717) is 0 Å². The van der Waals surface area contributed by atoms with Gasteiger partial charge in [-0.2, -0.15) is 5.10 Å². The number of nitrogens with zero attached hydrogens (tertiary/aromatic N) is 2. The largest absolute Gasteiger partial charge is 0.490 e. The molecular weight excluding hydrogens is 500 g/mol. The maximum absolute atomic E-state index is 13.5. The molecule has 208 valence electrons. The second-order valence-electron chi connectivity index (χ2n) is 11.9. The highest BCUT2D eigenvalue weighted by atomic mass is 16.5. The number of aromatic amines is 1. The highest BCUT2D eigenvalue weighted by molar-refractivity contribution is 6.00. The number of aromatic nitrogens is 2. The highest BCUT2D eigenvalue weighted by Crippen LogP contribution is 2.32. The number of anilines is 1. The van der Waals surface area contributed by atoms with E-state index in [9.17, 15) is 4.79 Å². The van der Waals surface area contributed by atoms with Crippen LogP contribution < -0.4 is 10.1 Å². The van der Waals surface area contributed by atoms with Gasteiger partial charge in [-0.15, -0.1) is 0 Å². The van der Waals surface area contributed by atoms with Gasteiger partial charge in [-0.05, 0) is 60.9 Å². The third-order valence-corrected chi connectivity index (χ3v) is 8.34. The first-order chi connectivity index (χ1) is 19.4. The Morgan fingerprint density at radius 1 is 0.925 bits per heavy atom. The lowest BCUT2D eigenvalue weighted by molar-refractivity contribution is -0.895. The normalized spacial score (nSPS) is 18.6. The van der Waals surface area contributed by atoms with E-state index in [4.69, 9.17) is 9.47 Å². The molecule has 1 aliphatic carbocycles. The molecule has 4 aromatic rings. The van der Waals surface area contributed by atoms with E-state index in [0.717, 1.165) is 95.3 Å². The molecule has 2 N–H and O–H groups in total. The number of hydrogen-bond acceptors (Lipinski definition) is 4. The van der Waals surface area contributed by atoms with E-state index in [2.05, 4.69) is 41.7 Å². The van der Waals surface area contributed by atoms with Crippen LogP contribution in [-0.2, 0) is 9.53 Å². The Morgan fingerprint density at radius 3 is 2.38 bits per heavy atom. The summed E-state index contributed by atoms with van der Waals surface area (Å²) in [4.78, 5) is 13.5. The number of fused-ring (bicyclic) bond motifs is 1. The third kappa shape index (κ3) is 6.06. The lowest BCUT2D eigenvalue weighted by Crippen LogP contribution is -2.48. The van der Waals surface area contributed by atoms with Crippen LogP contribution in [0.25, 0.3) is 22.2 Å². The molecule has 0 spiro atoms. The third-order valence-electron chi connectivity index (χ3n) is 8.34. The lowest BCUT2D eigenvalue weighted by Gasteiger charge is -2.37. The number of quaternary nitrogens is 1. The van der Waals surface area contributed by atoms with Crippen LogP contribution in [-0.4, -0.2) is 60.0 Å². The Kier molecular flexibility index (Phi) is 7.59. The Hall–Kier alpha value is -3.68. The van der Waals surface area contributed by atoms with Crippen LogP contribution in [0.3, 0.4) is 0 Å². The SMILES string of the molecule is C[N+]1(C)CCC(Oc2ccc(-c3n[nH]c4ccc(NC(=O)C(OC5CCCC5)c5ccccc5)cc34)cc2)CC1. The molecule has 7 nitrogen and oxygen atoms in total. The summed E-state index contributed by atoms with van der Waals surface area (Å²) in [7, 11) is 4.56. The van der Waals surface area contributed by atoms with E-state index >= 15 is 0 Å². The molecule has 0 bridgehead atoms. The van der Waals surface area contributed by atoms with E-state index in [1.54, 1.807) is 0 Å². The zero-order valence-corrected chi connectivity index (χ0v) is 23.4. The van der Waals surface area contributed by atoms with Crippen molar-refractivity contribution in [2.45, 2.75) is 56.8 Å². The summed E-state index contributed by atoms with van der Waals surface area (Å²) in [5.74, 6) is 0.733. The zero-order valence-electron chi connectivity index (χ0n) is 23.4. The average Bonchev–Trinajstić information content (AvgIpc) is 3.64. The molecule has 7 heteroatoms. The van der Waals surface area contributed by atoms with Crippen LogP contribution in [0, 0.1) is 0 Å². The number of carbonyl (C=O) groups is 1. The quantitative estimate of drug-likeness (QED) is 0.251. The minimum absolute atomic E-state index is 0.120. The van der Waals surface area contributed by atoms with Crippen molar-refractivity contribution in [2.24, 2.45) is 0 Å². The number of likely N-dealkylation sites (tertiary alicyclic amines) is 1. The summed E-state index contributed by atoms with van der Waals surface area (Å²) in [6.07, 6.45) is 6.20. The van der Waals surface area contributed by atoms with Gasteiger partial charge in [0.05, 0.1) is 44.5 Å². The summed E-state index contributed by atoms with van der Waals surface area (Å²) in [5, 5.41) is 11.8. The molecule has 1 saturated heterocycles. The van der Waals surface area contributed by atoms with Crippen molar-refractivity contribution in [1.82, 2.24) is 10.2 Å². The van der Waals surface area contributed by atoms with Crippen LogP contribution in [0.15, 0.2) is 72.8 Å². The fourth-order valence-electron chi connectivity index (χ4n) is 5.90. The van der Waals surface area contributed by atoms with Crippen LogP contribution in [0.5, 0.6) is 5.75 Å². The van der Waals surface area contributed by atoms with Crippen molar-refractivity contribution in [3.8, 4) is 17.0 Å². The van der Waals surface area contributed by atoms with Crippen LogP contribution in [0.2, 0.25) is 0 Å². The van der Waals surface area contributed by atoms with Gasteiger partial charge in [0.1, 0.15) is 11.9 Å². The number of rotatable bonds is 8. The van der Waals surface area contributed by atoms with Gasteiger partial charge in [0.15, 0.2) is 6.10 Å². The highest BCUT2D eigenvalue weighted by Gasteiger charge is 2.28. The molecule has 1 atom stereocenters. The van der Waals surface area contributed by atoms with Gasteiger partial charge < -0.3 is 19.3 Å². The fraction of sp³-hybridized carbons (Fsp3) is 0.394. The second-order valence-corrected chi connectivity index (χ2v) is 11.9. The maximum atomic E-state index is 13.5. The number of piperidine rings is 1. The summed E-state index contributed by atoms with van der Waals surface area (Å²) >= 11 is 0. The molecule has 2 aliphatic rings. The van der Waals surface area contributed by atoms with Crippen LogP contribution >= 0.6 is 0 Å². The first kappa shape index (κ1) is 26.5. The molecule has 1 unspecified atom stereocenters. The van der Waals surface area contributed by atoms with Gasteiger partial charge in [-0.25, -0.2) is 0 Å². The Balaban J connectivity index is 1.18. The van der Waals surface area contributed by atoms with Gasteiger partial charge in [0.2, 0.25) is 0 Å².